The van der Waals surface area contributed by atoms with E-state index < -0.39 is 5.97 Å². The third-order valence-corrected chi connectivity index (χ3v) is 3.67. The molecule has 0 aliphatic carbocycles. The van der Waals surface area contributed by atoms with Crippen LogP contribution in [0.4, 0.5) is 0 Å². The largest absolute Gasteiger partial charge is 0.497 e. The van der Waals surface area contributed by atoms with E-state index in [2.05, 4.69) is 10.1 Å². The van der Waals surface area contributed by atoms with E-state index in [1.165, 1.54) is 6.20 Å². The minimum Gasteiger partial charge on any atom is -0.497 e. The Labute approximate surface area is 144 Å². The van der Waals surface area contributed by atoms with Crippen LogP contribution < -0.4 is 4.74 Å². The number of carbonyl (C=O) groups is 1. The first-order chi connectivity index (χ1) is 11.7. The highest BCUT2D eigenvalue weighted by molar-refractivity contribution is 6.18. The fraction of sp³-hybridized carbons (Fsp3) is 0.235. The molecule has 0 amide bonds. The molecular weight excluding hydrogens is 330 g/mol. The zero-order valence-corrected chi connectivity index (χ0v) is 13.9. The molecule has 2 heterocycles. The molecule has 0 spiro atoms. The number of esters is 1. The fourth-order valence-electron chi connectivity index (χ4n) is 2.32. The van der Waals surface area contributed by atoms with Crippen LogP contribution in [0.5, 0.6) is 5.75 Å². The number of aromatic nitrogens is 3. The molecule has 124 valence electrons. The van der Waals surface area contributed by atoms with E-state index in [0.717, 1.165) is 16.7 Å². The molecule has 0 N–H and O–H groups in total. The van der Waals surface area contributed by atoms with Crippen molar-refractivity contribution >= 4 is 28.6 Å². The minimum absolute atomic E-state index is 0.176. The van der Waals surface area contributed by atoms with Gasteiger partial charge in [-0.15, -0.1) is 11.6 Å². The minimum atomic E-state index is -0.437. The summed E-state index contributed by atoms with van der Waals surface area (Å²) in [6.45, 7) is 0.756. The number of fused-ring (bicyclic) bond motifs is 1. The van der Waals surface area contributed by atoms with Crippen molar-refractivity contribution in [3.05, 3.63) is 53.9 Å². The van der Waals surface area contributed by atoms with Crippen LogP contribution in [-0.4, -0.2) is 40.3 Å². The van der Waals surface area contributed by atoms with Gasteiger partial charge in [-0.1, -0.05) is 12.1 Å². The van der Waals surface area contributed by atoms with Gasteiger partial charge in [0.2, 0.25) is 0 Å². The lowest BCUT2D eigenvalue weighted by molar-refractivity contribution is 0.0529. The molecule has 0 saturated carbocycles. The quantitative estimate of drug-likeness (QED) is 0.507. The predicted octanol–water partition coefficient (Wildman–Crippen LogP) is 2.88. The molecule has 3 aromatic rings. The Bertz CT molecular complexity index is 846. The van der Waals surface area contributed by atoms with E-state index in [-0.39, 0.29) is 12.5 Å². The first-order valence-electron chi connectivity index (χ1n) is 7.39. The number of halogens is 1. The van der Waals surface area contributed by atoms with E-state index in [1.807, 2.05) is 24.3 Å². The lowest BCUT2D eigenvalue weighted by Gasteiger charge is -2.06. The maximum Gasteiger partial charge on any atom is 0.339 e. The van der Waals surface area contributed by atoms with Gasteiger partial charge in [0.05, 0.1) is 31.3 Å². The van der Waals surface area contributed by atoms with Crippen molar-refractivity contribution in [2.45, 2.75) is 6.54 Å². The second-order valence-corrected chi connectivity index (χ2v) is 5.49. The number of alkyl halides is 1. The molecule has 7 heteroatoms. The summed E-state index contributed by atoms with van der Waals surface area (Å²) in [6.07, 6.45) is 3.18. The molecule has 0 aliphatic heterocycles. The van der Waals surface area contributed by atoms with Crippen LogP contribution in [0.15, 0.2) is 42.7 Å². The summed E-state index contributed by atoms with van der Waals surface area (Å²) < 4.78 is 11.9. The fourth-order valence-corrected chi connectivity index (χ4v) is 2.39. The number of hydrogen-bond donors (Lipinski definition) is 0. The Kier molecular flexibility index (Phi) is 4.96. The van der Waals surface area contributed by atoms with Crippen LogP contribution in [-0.2, 0) is 11.3 Å². The Morgan fingerprint density at radius 2 is 2.04 bits per heavy atom. The van der Waals surface area contributed by atoms with Gasteiger partial charge < -0.3 is 9.47 Å². The first kappa shape index (κ1) is 16.3. The van der Waals surface area contributed by atoms with E-state index in [9.17, 15) is 4.79 Å². The molecule has 0 atom stereocenters. The Hall–Kier alpha value is -2.60. The van der Waals surface area contributed by atoms with Gasteiger partial charge in [-0.25, -0.2) is 14.5 Å². The molecule has 2 aromatic heterocycles. The summed E-state index contributed by atoms with van der Waals surface area (Å²) in [6, 6.07) is 9.48. The van der Waals surface area contributed by atoms with Gasteiger partial charge in [-0.3, -0.25) is 0 Å². The molecule has 0 fully saturated rings. The van der Waals surface area contributed by atoms with Crippen LogP contribution in [0.25, 0.3) is 11.0 Å². The second-order valence-electron chi connectivity index (χ2n) is 5.11. The number of nitrogens with zero attached hydrogens (tertiary/aromatic N) is 3. The van der Waals surface area contributed by atoms with Gasteiger partial charge in [0.1, 0.15) is 12.4 Å². The molecule has 0 aliphatic rings. The smallest absolute Gasteiger partial charge is 0.339 e. The van der Waals surface area contributed by atoms with Crippen LogP contribution in [0.2, 0.25) is 0 Å². The van der Waals surface area contributed by atoms with Gasteiger partial charge in [-0.05, 0) is 23.8 Å². The van der Waals surface area contributed by atoms with E-state index >= 15 is 0 Å². The average molecular weight is 346 g/mol. The van der Waals surface area contributed by atoms with Gasteiger partial charge in [-0.2, -0.15) is 5.10 Å². The van der Waals surface area contributed by atoms with Crippen molar-refractivity contribution in [3.63, 3.8) is 0 Å². The molecule has 0 unspecified atom stereocenters. The summed E-state index contributed by atoms with van der Waals surface area (Å²) in [4.78, 5) is 16.2. The molecule has 6 nitrogen and oxygen atoms in total. The number of hydrogen-bond acceptors (Lipinski definition) is 5. The van der Waals surface area contributed by atoms with Gasteiger partial charge in [0.15, 0.2) is 5.65 Å². The zero-order chi connectivity index (χ0) is 16.9. The third kappa shape index (κ3) is 3.49. The van der Waals surface area contributed by atoms with Crippen LogP contribution in [0.3, 0.4) is 0 Å². The second kappa shape index (κ2) is 7.31. The molecule has 24 heavy (non-hydrogen) atoms. The highest BCUT2D eigenvalue weighted by Crippen LogP contribution is 2.17. The molecule has 3 rings (SSSR count). The van der Waals surface area contributed by atoms with Gasteiger partial charge in [0.25, 0.3) is 0 Å². The van der Waals surface area contributed by atoms with E-state index in [4.69, 9.17) is 21.1 Å². The lowest BCUT2D eigenvalue weighted by Crippen LogP contribution is -2.08. The summed E-state index contributed by atoms with van der Waals surface area (Å²) in [5.74, 6) is 0.636. The molecule has 0 radical (unpaired) electrons. The molecule has 0 saturated heterocycles. The normalized spacial score (nSPS) is 10.8. The highest BCUT2D eigenvalue weighted by atomic mass is 35.5. The molecule has 1 aromatic carbocycles. The topological polar surface area (TPSA) is 66.2 Å². The van der Waals surface area contributed by atoms with Gasteiger partial charge >= 0.3 is 5.97 Å². The van der Waals surface area contributed by atoms with Crippen LogP contribution in [0.1, 0.15) is 15.9 Å². The number of ether oxygens (including phenoxy) is 2. The number of benzene rings is 1. The Morgan fingerprint density at radius 1 is 1.25 bits per heavy atom. The average Bonchev–Trinajstić information content (AvgIpc) is 3.02. The maximum absolute atomic E-state index is 11.8. The van der Waals surface area contributed by atoms with Crippen molar-refractivity contribution < 1.29 is 14.3 Å². The lowest BCUT2D eigenvalue weighted by atomic mass is 10.2. The Morgan fingerprint density at radius 3 is 2.75 bits per heavy atom. The molecule has 0 bridgehead atoms. The van der Waals surface area contributed by atoms with E-state index in [1.54, 1.807) is 24.1 Å². The summed E-state index contributed by atoms with van der Waals surface area (Å²) in [5, 5.41) is 5.13. The van der Waals surface area contributed by atoms with Crippen LogP contribution in [0, 0.1) is 0 Å². The first-order valence-corrected chi connectivity index (χ1v) is 7.92. The van der Waals surface area contributed by atoms with Crippen molar-refractivity contribution in [1.29, 1.82) is 0 Å². The zero-order valence-electron chi connectivity index (χ0n) is 13.1. The van der Waals surface area contributed by atoms with Crippen molar-refractivity contribution in [1.82, 2.24) is 14.8 Å². The summed E-state index contributed by atoms with van der Waals surface area (Å²) in [7, 11) is 1.63. The highest BCUT2D eigenvalue weighted by Gasteiger charge is 2.11. The van der Waals surface area contributed by atoms with Crippen LogP contribution >= 0.6 is 11.6 Å². The van der Waals surface area contributed by atoms with E-state index in [0.29, 0.717) is 17.8 Å². The number of methoxy groups -OCH3 is 1. The standard InChI is InChI=1S/C17H16ClN3O3/c1-23-15-4-2-12(3-5-15)11-21-16-13(10-20-21)8-14(9-19-16)17(22)24-7-6-18/h2-5,8-10H,6-7,11H2,1H3. The maximum atomic E-state index is 11.8. The summed E-state index contributed by atoms with van der Waals surface area (Å²) in [5.41, 5.74) is 2.17. The SMILES string of the molecule is COc1ccc(Cn2ncc3cc(C(=O)OCCCl)cnc32)cc1. The number of rotatable bonds is 6. The molecular formula is C17H16ClN3O3. The van der Waals surface area contributed by atoms with Gasteiger partial charge in [0, 0.05) is 11.6 Å². The van der Waals surface area contributed by atoms with Crippen molar-refractivity contribution in [2.24, 2.45) is 0 Å². The van der Waals surface area contributed by atoms with Crippen molar-refractivity contribution in [3.8, 4) is 5.75 Å². The summed E-state index contributed by atoms with van der Waals surface area (Å²) >= 11 is 5.51. The monoisotopic (exact) mass is 345 g/mol. The predicted molar refractivity (Wildman–Crippen MR) is 90.6 cm³/mol. The third-order valence-electron chi connectivity index (χ3n) is 3.51. The number of pyridine rings is 1. The Balaban J connectivity index is 1.81. The van der Waals surface area contributed by atoms with Crippen molar-refractivity contribution in [2.75, 3.05) is 19.6 Å². The number of carbonyl (C=O) groups excluding carboxylic acids is 1.